The number of carbonyl (C=O) groups excluding carboxylic acids is 1. The highest BCUT2D eigenvalue weighted by Crippen LogP contribution is 2.86. The molecule has 4 fully saturated rings. The Morgan fingerprint density at radius 2 is 1.41 bits per heavy atom. The predicted octanol–water partition coefficient (Wildman–Crippen LogP) is 4.38. The normalized spacial score (nSPS) is 55.9. The summed E-state index contributed by atoms with van der Waals surface area (Å²) < 4.78 is 0.263. The van der Waals surface area contributed by atoms with Gasteiger partial charge in [-0.3, -0.25) is 4.79 Å². The van der Waals surface area contributed by atoms with Crippen LogP contribution in [0.2, 0.25) is 0 Å². The van der Waals surface area contributed by atoms with Crippen LogP contribution in [0.15, 0.2) is 0 Å². The van der Waals surface area contributed by atoms with Crippen LogP contribution in [0.4, 0.5) is 0 Å². The second-order valence-corrected chi connectivity index (χ2v) is 10.5. The van der Waals surface area contributed by atoms with Crippen molar-refractivity contribution >= 4 is 28.4 Å². The van der Waals surface area contributed by atoms with Gasteiger partial charge in [-0.05, 0) is 36.5 Å². The first-order valence-electron chi connectivity index (χ1n) is 6.72. The predicted molar refractivity (Wildman–Crippen MR) is 78.3 cm³/mol. The van der Waals surface area contributed by atoms with E-state index < -0.39 is 0 Å². The number of rotatable bonds is 1. The van der Waals surface area contributed by atoms with Gasteiger partial charge in [-0.15, -0.1) is 0 Å². The molecular formula is C15H23IO. The van der Waals surface area contributed by atoms with Crippen molar-refractivity contribution in [3.05, 3.63) is 0 Å². The van der Waals surface area contributed by atoms with Gasteiger partial charge in [0.1, 0.15) is 5.78 Å². The Labute approximate surface area is 118 Å². The maximum atomic E-state index is 13.0. The van der Waals surface area contributed by atoms with Gasteiger partial charge >= 0.3 is 0 Å². The van der Waals surface area contributed by atoms with E-state index in [0.29, 0.717) is 16.6 Å². The van der Waals surface area contributed by atoms with Crippen LogP contribution < -0.4 is 0 Å². The summed E-state index contributed by atoms with van der Waals surface area (Å²) in [5.41, 5.74) is 0.663. The van der Waals surface area contributed by atoms with Crippen LogP contribution in [0.25, 0.3) is 0 Å². The van der Waals surface area contributed by atoms with E-state index in [1.807, 2.05) is 0 Å². The number of ketones is 1. The molecule has 0 aromatic heterocycles. The van der Waals surface area contributed by atoms with E-state index in [-0.39, 0.29) is 14.3 Å². The summed E-state index contributed by atoms with van der Waals surface area (Å²) in [5.74, 6) is 0.532. The Kier molecular flexibility index (Phi) is 2.03. The first-order chi connectivity index (χ1) is 7.48. The maximum absolute atomic E-state index is 13.0. The topological polar surface area (TPSA) is 17.1 Å². The lowest BCUT2D eigenvalue weighted by Gasteiger charge is -2.39. The summed E-state index contributed by atoms with van der Waals surface area (Å²) in [5, 5.41) is 0. The van der Waals surface area contributed by atoms with Crippen LogP contribution in [0.3, 0.4) is 0 Å². The molecule has 96 valence electrons. The Morgan fingerprint density at radius 1 is 1.00 bits per heavy atom. The first kappa shape index (κ1) is 12.4. The number of alkyl halides is 1. The zero-order chi connectivity index (χ0) is 12.9. The minimum absolute atomic E-state index is 0.00465. The molecule has 0 aromatic carbocycles. The zero-order valence-electron chi connectivity index (χ0n) is 11.6. The monoisotopic (exact) mass is 346 g/mol. The smallest absolute Gasteiger partial charge is 0.145 e. The Balaban J connectivity index is 2.12. The summed E-state index contributed by atoms with van der Waals surface area (Å²) in [6.45, 7) is 11.1. The van der Waals surface area contributed by atoms with Crippen LogP contribution >= 0.6 is 22.6 Å². The molecule has 2 atom stereocenters. The van der Waals surface area contributed by atoms with Gasteiger partial charge in [0.2, 0.25) is 0 Å². The van der Waals surface area contributed by atoms with Crippen LogP contribution in [0.1, 0.15) is 60.3 Å². The number of hydrogen-bond acceptors (Lipinski definition) is 1. The molecule has 4 aliphatic rings. The molecule has 17 heavy (non-hydrogen) atoms. The van der Waals surface area contributed by atoms with Gasteiger partial charge in [0.05, 0.1) is 0 Å². The Morgan fingerprint density at radius 3 is 1.65 bits per heavy atom. The van der Waals surface area contributed by atoms with Crippen molar-refractivity contribution in [2.45, 2.75) is 63.7 Å². The molecule has 0 spiro atoms. The van der Waals surface area contributed by atoms with Gasteiger partial charge in [0, 0.05) is 14.3 Å². The average molecular weight is 346 g/mol. The second-order valence-electron chi connectivity index (χ2n) is 8.45. The number of hydrogen-bond donors (Lipinski definition) is 0. The summed E-state index contributed by atoms with van der Waals surface area (Å²) in [4.78, 5) is 13.0. The molecule has 0 aliphatic heterocycles. The number of Topliss-reactive ketones (excluding diaryl/α,β-unsaturated/α-hetero) is 1. The SMILES string of the molecule is CC(C)(C)C(=O)C12CC3(C)CC1(I)CC3(C)C2. The molecule has 2 heteroatoms. The van der Waals surface area contributed by atoms with Crippen LogP contribution in [0.5, 0.6) is 0 Å². The van der Waals surface area contributed by atoms with Gasteiger partial charge in [-0.25, -0.2) is 0 Å². The van der Waals surface area contributed by atoms with Gasteiger partial charge in [0.15, 0.2) is 0 Å². The summed E-state index contributed by atoms with van der Waals surface area (Å²) >= 11 is 2.65. The van der Waals surface area contributed by atoms with E-state index in [0.717, 1.165) is 12.8 Å². The fourth-order valence-electron chi connectivity index (χ4n) is 5.41. The summed E-state index contributed by atoms with van der Waals surface area (Å²) in [6, 6.07) is 0. The third kappa shape index (κ3) is 1.15. The second kappa shape index (κ2) is 2.78. The molecule has 2 unspecified atom stereocenters. The number of carbonyl (C=O) groups is 1. The molecule has 0 saturated heterocycles. The van der Waals surface area contributed by atoms with E-state index >= 15 is 0 Å². The van der Waals surface area contributed by atoms with Crippen molar-refractivity contribution in [1.29, 1.82) is 0 Å². The van der Waals surface area contributed by atoms with Crippen molar-refractivity contribution in [3.63, 3.8) is 0 Å². The third-order valence-electron chi connectivity index (χ3n) is 6.16. The van der Waals surface area contributed by atoms with Crippen LogP contribution in [0, 0.1) is 21.7 Å². The van der Waals surface area contributed by atoms with Gasteiger partial charge < -0.3 is 0 Å². The van der Waals surface area contributed by atoms with E-state index in [1.165, 1.54) is 12.8 Å². The lowest BCUT2D eigenvalue weighted by Crippen LogP contribution is -2.45. The van der Waals surface area contributed by atoms with E-state index in [4.69, 9.17) is 0 Å². The van der Waals surface area contributed by atoms with Gasteiger partial charge in [0.25, 0.3) is 0 Å². The van der Waals surface area contributed by atoms with Crippen LogP contribution in [-0.4, -0.2) is 9.20 Å². The van der Waals surface area contributed by atoms with Crippen molar-refractivity contribution in [3.8, 4) is 0 Å². The van der Waals surface area contributed by atoms with E-state index in [2.05, 4.69) is 57.2 Å². The van der Waals surface area contributed by atoms with Gasteiger partial charge in [-0.1, -0.05) is 57.2 Å². The maximum Gasteiger partial charge on any atom is 0.145 e. The summed E-state index contributed by atoms with van der Waals surface area (Å²) in [7, 11) is 0. The Hall–Kier alpha value is 0.400. The third-order valence-corrected chi connectivity index (χ3v) is 7.95. The molecule has 0 radical (unpaired) electrons. The molecular weight excluding hydrogens is 323 g/mol. The zero-order valence-corrected chi connectivity index (χ0v) is 13.8. The van der Waals surface area contributed by atoms with Crippen molar-refractivity contribution in [1.82, 2.24) is 0 Å². The van der Waals surface area contributed by atoms with Crippen molar-refractivity contribution in [2.24, 2.45) is 21.7 Å². The van der Waals surface area contributed by atoms with Crippen LogP contribution in [-0.2, 0) is 4.79 Å². The molecule has 4 rings (SSSR count). The van der Waals surface area contributed by atoms with Crippen molar-refractivity contribution < 1.29 is 4.79 Å². The highest BCUT2D eigenvalue weighted by Gasteiger charge is 2.82. The molecule has 0 aromatic rings. The minimum atomic E-state index is -0.183. The Bertz CT molecular complexity index is 399. The van der Waals surface area contributed by atoms with Crippen molar-refractivity contribution in [2.75, 3.05) is 0 Å². The van der Waals surface area contributed by atoms with E-state index in [9.17, 15) is 4.79 Å². The lowest BCUT2D eigenvalue weighted by molar-refractivity contribution is -0.136. The molecule has 1 nitrogen and oxygen atoms in total. The average Bonchev–Trinajstić information content (AvgIpc) is 2.58. The molecule has 4 aliphatic carbocycles. The highest BCUT2D eigenvalue weighted by atomic mass is 127. The fraction of sp³-hybridized carbons (Fsp3) is 0.933. The molecule has 0 N–H and O–H groups in total. The number of halogens is 1. The molecule has 0 amide bonds. The quantitative estimate of drug-likeness (QED) is 0.509. The lowest BCUT2D eigenvalue weighted by atomic mass is 9.68. The standard InChI is InChI=1S/C15H23IO/c1-11(2,3)10(17)14-6-12(4)8-15(14,16)9-13(12,5)7-14/h6-9H2,1-5H3. The minimum Gasteiger partial charge on any atom is -0.298 e. The summed E-state index contributed by atoms with van der Waals surface area (Å²) in [6.07, 6.45) is 4.82. The van der Waals surface area contributed by atoms with E-state index in [1.54, 1.807) is 0 Å². The fourth-order valence-corrected chi connectivity index (χ4v) is 7.72. The largest absolute Gasteiger partial charge is 0.298 e. The first-order valence-corrected chi connectivity index (χ1v) is 7.80. The molecule has 0 heterocycles. The van der Waals surface area contributed by atoms with Gasteiger partial charge in [-0.2, -0.15) is 0 Å². The molecule has 4 bridgehead atoms. The highest BCUT2D eigenvalue weighted by molar-refractivity contribution is 14.1. The molecule has 4 saturated carbocycles.